The summed E-state index contributed by atoms with van der Waals surface area (Å²) in [6.07, 6.45) is 9.91. The number of carbonyl (C=O) groups is 2. The number of hydrogen-bond donors (Lipinski definition) is 2. The van der Waals surface area contributed by atoms with Crippen molar-refractivity contribution in [3.05, 3.63) is 30.1 Å². The molecule has 0 spiro atoms. The van der Waals surface area contributed by atoms with Crippen LogP contribution in [-0.4, -0.2) is 65.5 Å². The van der Waals surface area contributed by atoms with Gasteiger partial charge in [0.25, 0.3) is 0 Å². The molecule has 3 fully saturated rings. The summed E-state index contributed by atoms with van der Waals surface area (Å²) in [5, 5.41) is 6.56. The number of hydrogen-bond acceptors (Lipinski definition) is 4. The average molecular weight is 386 g/mol. The van der Waals surface area contributed by atoms with Crippen LogP contribution in [0.1, 0.15) is 50.1 Å². The Morgan fingerprint density at radius 3 is 2.79 bits per heavy atom. The summed E-state index contributed by atoms with van der Waals surface area (Å²) in [6.45, 7) is 3.53. The molecular weight excluding hydrogens is 354 g/mol. The maximum Gasteiger partial charge on any atom is 0.317 e. The van der Waals surface area contributed by atoms with Gasteiger partial charge in [-0.25, -0.2) is 4.79 Å². The van der Waals surface area contributed by atoms with Crippen LogP contribution in [0.4, 0.5) is 4.79 Å². The molecule has 7 heteroatoms. The second kappa shape index (κ2) is 8.90. The third-order valence-corrected chi connectivity index (χ3v) is 6.34. The van der Waals surface area contributed by atoms with Crippen LogP contribution < -0.4 is 10.6 Å². The van der Waals surface area contributed by atoms with Gasteiger partial charge in [0.15, 0.2) is 0 Å². The molecule has 3 aliphatic rings. The highest BCUT2D eigenvalue weighted by Gasteiger charge is 2.36. The Morgan fingerprint density at radius 1 is 1.14 bits per heavy atom. The van der Waals surface area contributed by atoms with Gasteiger partial charge in [0.2, 0.25) is 5.91 Å². The number of rotatable bonds is 3. The molecule has 4 rings (SSSR count). The summed E-state index contributed by atoms with van der Waals surface area (Å²) in [4.78, 5) is 34.1. The lowest BCUT2D eigenvalue weighted by atomic mass is 9.94. The fraction of sp³-hybridized carbons (Fsp3) is 0.667. The first-order chi connectivity index (χ1) is 13.7. The average Bonchev–Trinajstić information content (AvgIpc) is 3.27. The first-order valence-electron chi connectivity index (χ1n) is 10.7. The number of urea groups is 1. The van der Waals surface area contributed by atoms with Gasteiger partial charge in [0.1, 0.15) is 0 Å². The fourth-order valence-electron chi connectivity index (χ4n) is 4.77. The van der Waals surface area contributed by atoms with E-state index < -0.39 is 0 Å². The maximum absolute atomic E-state index is 13.4. The fourth-order valence-corrected chi connectivity index (χ4v) is 4.77. The molecule has 1 aromatic heterocycles. The third kappa shape index (κ3) is 4.29. The number of nitrogens with zero attached hydrogens (tertiary/aromatic N) is 3. The Balaban J connectivity index is 1.40. The predicted octanol–water partition coefficient (Wildman–Crippen LogP) is 1.92. The Labute approximate surface area is 166 Å². The van der Waals surface area contributed by atoms with Gasteiger partial charge in [0, 0.05) is 51.2 Å². The quantitative estimate of drug-likeness (QED) is 0.833. The van der Waals surface area contributed by atoms with E-state index in [0.29, 0.717) is 19.1 Å². The number of carbonyl (C=O) groups excluding carboxylic acids is 2. The number of pyridine rings is 1. The van der Waals surface area contributed by atoms with Crippen LogP contribution in [0.3, 0.4) is 0 Å². The summed E-state index contributed by atoms with van der Waals surface area (Å²) in [5.74, 6) is 0.0640. The molecule has 2 aliphatic heterocycles. The van der Waals surface area contributed by atoms with Crippen LogP contribution in [-0.2, 0) is 4.79 Å². The lowest BCUT2D eigenvalue weighted by Gasteiger charge is -2.40. The summed E-state index contributed by atoms with van der Waals surface area (Å²) < 4.78 is 0. The summed E-state index contributed by atoms with van der Waals surface area (Å²) in [7, 11) is 0. The van der Waals surface area contributed by atoms with Crippen molar-refractivity contribution < 1.29 is 9.59 Å². The zero-order valence-corrected chi connectivity index (χ0v) is 16.5. The van der Waals surface area contributed by atoms with Crippen LogP contribution in [0, 0.1) is 5.92 Å². The molecule has 2 unspecified atom stereocenters. The minimum Gasteiger partial charge on any atom is -0.335 e. The zero-order valence-electron chi connectivity index (χ0n) is 16.5. The molecule has 0 aromatic carbocycles. The molecule has 2 saturated heterocycles. The van der Waals surface area contributed by atoms with Crippen molar-refractivity contribution >= 4 is 11.9 Å². The molecule has 2 N–H and O–H groups in total. The van der Waals surface area contributed by atoms with E-state index in [1.807, 2.05) is 28.1 Å². The Hall–Kier alpha value is -2.15. The lowest BCUT2D eigenvalue weighted by molar-refractivity contribution is -0.140. The van der Waals surface area contributed by atoms with Crippen molar-refractivity contribution in [1.82, 2.24) is 25.4 Å². The van der Waals surface area contributed by atoms with Crippen LogP contribution in [0.15, 0.2) is 24.5 Å². The number of nitrogens with one attached hydrogen (secondary N) is 2. The lowest BCUT2D eigenvalue weighted by Crippen LogP contribution is -2.54. The molecule has 3 amide bonds. The van der Waals surface area contributed by atoms with Crippen LogP contribution in [0.5, 0.6) is 0 Å². The topological polar surface area (TPSA) is 77.6 Å². The number of aromatic nitrogens is 1. The van der Waals surface area contributed by atoms with Crippen LogP contribution >= 0.6 is 0 Å². The van der Waals surface area contributed by atoms with Crippen molar-refractivity contribution in [3.8, 4) is 0 Å². The highest BCUT2D eigenvalue weighted by Crippen LogP contribution is 2.27. The Morgan fingerprint density at radius 2 is 2.00 bits per heavy atom. The largest absolute Gasteiger partial charge is 0.335 e. The van der Waals surface area contributed by atoms with E-state index in [-0.39, 0.29) is 23.9 Å². The van der Waals surface area contributed by atoms with Gasteiger partial charge in [-0.2, -0.15) is 0 Å². The molecule has 0 radical (unpaired) electrons. The van der Waals surface area contributed by atoms with Crippen molar-refractivity contribution in [1.29, 1.82) is 0 Å². The van der Waals surface area contributed by atoms with E-state index in [1.165, 1.54) is 12.8 Å². The number of piperazine rings is 1. The van der Waals surface area contributed by atoms with E-state index in [4.69, 9.17) is 0 Å². The first-order valence-corrected chi connectivity index (χ1v) is 10.7. The summed E-state index contributed by atoms with van der Waals surface area (Å²) in [5.41, 5.74) is 1.06. The third-order valence-electron chi connectivity index (χ3n) is 6.34. The highest BCUT2D eigenvalue weighted by atomic mass is 16.2. The van der Waals surface area contributed by atoms with Crippen molar-refractivity contribution in [3.63, 3.8) is 0 Å². The van der Waals surface area contributed by atoms with E-state index in [0.717, 1.165) is 50.9 Å². The van der Waals surface area contributed by atoms with E-state index in [9.17, 15) is 9.59 Å². The molecular formula is C21H31N5O2. The molecule has 1 saturated carbocycles. The van der Waals surface area contributed by atoms with E-state index >= 15 is 0 Å². The van der Waals surface area contributed by atoms with Gasteiger partial charge in [-0.1, -0.05) is 18.9 Å². The van der Waals surface area contributed by atoms with Crippen LogP contribution in [0.25, 0.3) is 0 Å². The second-order valence-corrected chi connectivity index (χ2v) is 8.25. The van der Waals surface area contributed by atoms with Gasteiger partial charge in [-0.3, -0.25) is 9.78 Å². The minimum absolute atomic E-state index is 0.00789. The highest BCUT2D eigenvalue weighted by molar-refractivity contribution is 5.81. The molecule has 1 aromatic rings. The number of amides is 3. The molecule has 0 bridgehead atoms. The first kappa shape index (κ1) is 19.2. The van der Waals surface area contributed by atoms with Gasteiger partial charge in [-0.05, 0) is 37.3 Å². The molecule has 7 nitrogen and oxygen atoms in total. The SMILES string of the molecule is O=C(NC1CCCC1)N1CCCC(C(=O)N2CCNCC2c2cccnc2)C1. The molecule has 2 atom stereocenters. The number of piperidine rings is 1. The zero-order chi connectivity index (χ0) is 19.3. The minimum atomic E-state index is -0.111. The smallest absolute Gasteiger partial charge is 0.317 e. The number of likely N-dealkylation sites (tertiary alicyclic amines) is 1. The van der Waals surface area contributed by atoms with Gasteiger partial charge in [-0.15, -0.1) is 0 Å². The van der Waals surface area contributed by atoms with Crippen molar-refractivity contribution in [2.75, 3.05) is 32.7 Å². The summed E-state index contributed by atoms with van der Waals surface area (Å²) in [6, 6.07) is 4.29. The maximum atomic E-state index is 13.4. The van der Waals surface area contributed by atoms with E-state index in [2.05, 4.69) is 15.6 Å². The van der Waals surface area contributed by atoms with Gasteiger partial charge < -0.3 is 20.4 Å². The van der Waals surface area contributed by atoms with Crippen molar-refractivity contribution in [2.45, 2.75) is 50.6 Å². The van der Waals surface area contributed by atoms with Gasteiger partial charge >= 0.3 is 6.03 Å². The molecule has 152 valence electrons. The molecule has 3 heterocycles. The van der Waals surface area contributed by atoms with Crippen LogP contribution in [0.2, 0.25) is 0 Å². The second-order valence-electron chi connectivity index (χ2n) is 8.25. The van der Waals surface area contributed by atoms with E-state index in [1.54, 1.807) is 6.20 Å². The predicted molar refractivity (Wildman–Crippen MR) is 107 cm³/mol. The standard InChI is InChI=1S/C21H31N5O2/c27-20(26-12-10-23-14-19(26)16-5-3-9-22-13-16)17-6-4-11-25(15-17)21(28)24-18-7-1-2-8-18/h3,5,9,13,17-19,23H,1-2,4,6-8,10-12,14-15H2,(H,24,28). The molecule has 1 aliphatic carbocycles. The summed E-state index contributed by atoms with van der Waals surface area (Å²) >= 11 is 0. The normalized spacial score (nSPS) is 26.3. The molecule has 28 heavy (non-hydrogen) atoms. The van der Waals surface area contributed by atoms with Gasteiger partial charge in [0.05, 0.1) is 12.0 Å². The van der Waals surface area contributed by atoms with Crippen molar-refractivity contribution in [2.24, 2.45) is 5.92 Å². The Kier molecular flexibility index (Phi) is 6.10. The monoisotopic (exact) mass is 385 g/mol. The Bertz CT molecular complexity index is 677.